The number of fused-ring (bicyclic) bond motifs is 1. The van der Waals surface area contributed by atoms with Crippen molar-refractivity contribution in [3.8, 4) is 0 Å². The number of benzene rings is 2. The second-order valence-corrected chi connectivity index (χ2v) is 6.56. The minimum absolute atomic E-state index is 0. The predicted molar refractivity (Wildman–Crippen MR) is 107 cm³/mol. The van der Waals surface area contributed by atoms with Crippen molar-refractivity contribution in [2.75, 3.05) is 26.7 Å². The molecule has 0 aliphatic carbocycles. The summed E-state index contributed by atoms with van der Waals surface area (Å²) in [7, 11) is 1.92. The Kier molecular flexibility index (Phi) is 7.42. The van der Waals surface area contributed by atoms with Gasteiger partial charge < -0.3 is 15.5 Å². The van der Waals surface area contributed by atoms with E-state index >= 15 is 0 Å². The van der Waals surface area contributed by atoms with E-state index in [9.17, 15) is 9.59 Å². The lowest BCUT2D eigenvalue weighted by atomic mass is 10.0. The second-order valence-electron chi connectivity index (χ2n) is 6.56. The van der Waals surface area contributed by atoms with Crippen molar-refractivity contribution in [3.63, 3.8) is 0 Å². The number of hydrogen-bond acceptors (Lipinski definition) is 3. The largest absolute Gasteiger partial charge is 0.347 e. The average molecular weight is 376 g/mol. The van der Waals surface area contributed by atoms with Gasteiger partial charge >= 0.3 is 0 Å². The molecular formula is C20H26ClN3O2. The molecule has 1 aliphatic rings. The van der Waals surface area contributed by atoms with E-state index in [1.54, 1.807) is 0 Å². The minimum atomic E-state index is -0.119. The average Bonchev–Trinajstić information content (AvgIpc) is 2.66. The molecule has 140 valence electrons. The van der Waals surface area contributed by atoms with Crippen LogP contribution in [0.3, 0.4) is 0 Å². The van der Waals surface area contributed by atoms with Gasteiger partial charge in [-0.15, -0.1) is 12.4 Å². The van der Waals surface area contributed by atoms with Crippen molar-refractivity contribution in [2.45, 2.75) is 25.3 Å². The number of likely N-dealkylation sites (N-methyl/N-ethyl adjacent to an activating group) is 1. The van der Waals surface area contributed by atoms with E-state index in [1.165, 1.54) is 0 Å². The zero-order valence-electron chi connectivity index (χ0n) is 15.0. The van der Waals surface area contributed by atoms with Crippen LogP contribution in [0.5, 0.6) is 0 Å². The number of nitrogens with one attached hydrogen (secondary N) is 2. The number of likely N-dealkylation sites (tertiary alicyclic amines) is 1. The molecule has 5 nitrogen and oxygen atoms in total. The Labute approximate surface area is 160 Å². The van der Waals surface area contributed by atoms with Gasteiger partial charge in [-0.3, -0.25) is 9.59 Å². The maximum atomic E-state index is 12.3. The first-order valence-electron chi connectivity index (χ1n) is 8.86. The van der Waals surface area contributed by atoms with Gasteiger partial charge in [0.15, 0.2) is 0 Å². The molecule has 0 radical (unpaired) electrons. The van der Waals surface area contributed by atoms with Gasteiger partial charge in [0.1, 0.15) is 0 Å². The van der Waals surface area contributed by atoms with Gasteiger partial charge in [0.05, 0.1) is 13.0 Å². The topological polar surface area (TPSA) is 61.4 Å². The molecule has 1 atom stereocenters. The van der Waals surface area contributed by atoms with Gasteiger partial charge in [-0.05, 0) is 36.2 Å². The quantitative estimate of drug-likeness (QED) is 0.841. The van der Waals surface area contributed by atoms with Crippen LogP contribution in [0, 0.1) is 0 Å². The summed E-state index contributed by atoms with van der Waals surface area (Å²) < 4.78 is 0. The van der Waals surface area contributed by atoms with Crippen LogP contribution >= 0.6 is 12.4 Å². The van der Waals surface area contributed by atoms with Crippen LogP contribution < -0.4 is 10.6 Å². The van der Waals surface area contributed by atoms with E-state index in [0.29, 0.717) is 12.6 Å². The molecule has 0 spiro atoms. The first-order chi connectivity index (χ1) is 12.2. The van der Waals surface area contributed by atoms with Crippen molar-refractivity contribution >= 4 is 35.0 Å². The maximum Gasteiger partial charge on any atom is 0.242 e. The van der Waals surface area contributed by atoms with Crippen molar-refractivity contribution in [3.05, 3.63) is 48.0 Å². The highest BCUT2D eigenvalue weighted by atomic mass is 35.5. The smallest absolute Gasteiger partial charge is 0.242 e. The molecule has 26 heavy (non-hydrogen) atoms. The molecule has 1 fully saturated rings. The monoisotopic (exact) mass is 375 g/mol. The van der Waals surface area contributed by atoms with Gasteiger partial charge in [-0.2, -0.15) is 0 Å². The normalized spacial score (nSPS) is 16.8. The number of rotatable bonds is 5. The number of nitrogens with zero attached hydrogens (tertiary/aromatic N) is 1. The Balaban J connectivity index is 0.00000243. The fourth-order valence-electron chi connectivity index (χ4n) is 3.41. The Bertz CT molecular complexity index is 760. The molecular weight excluding hydrogens is 350 g/mol. The molecule has 2 amide bonds. The maximum absolute atomic E-state index is 12.3. The highest BCUT2D eigenvalue weighted by Gasteiger charge is 2.22. The van der Waals surface area contributed by atoms with Gasteiger partial charge in [0, 0.05) is 19.1 Å². The molecule has 6 heteroatoms. The number of carbonyl (C=O) groups excluding carboxylic acids is 2. The van der Waals surface area contributed by atoms with Gasteiger partial charge in [-0.25, -0.2) is 0 Å². The molecule has 1 unspecified atom stereocenters. The molecule has 2 N–H and O–H groups in total. The van der Waals surface area contributed by atoms with Crippen LogP contribution in [0.15, 0.2) is 42.5 Å². The summed E-state index contributed by atoms with van der Waals surface area (Å²) in [6.07, 6.45) is 2.38. The predicted octanol–water partition coefficient (Wildman–Crippen LogP) is 2.13. The van der Waals surface area contributed by atoms with E-state index in [-0.39, 0.29) is 37.2 Å². The second kappa shape index (κ2) is 9.55. The molecule has 0 saturated carbocycles. The van der Waals surface area contributed by atoms with Crippen molar-refractivity contribution in [2.24, 2.45) is 0 Å². The Morgan fingerprint density at radius 1 is 1.15 bits per heavy atom. The summed E-state index contributed by atoms with van der Waals surface area (Å²) >= 11 is 0. The summed E-state index contributed by atoms with van der Waals surface area (Å²) in [5, 5.41) is 8.20. The molecule has 2 aromatic rings. The lowest BCUT2D eigenvalue weighted by molar-refractivity contribution is -0.133. The highest BCUT2D eigenvalue weighted by Crippen LogP contribution is 2.18. The molecule has 3 rings (SSSR count). The van der Waals surface area contributed by atoms with Crippen LogP contribution in [-0.2, 0) is 16.0 Å². The summed E-state index contributed by atoms with van der Waals surface area (Å²) in [4.78, 5) is 26.4. The lowest BCUT2D eigenvalue weighted by Gasteiger charge is -2.32. The van der Waals surface area contributed by atoms with Gasteiger partial charge in [-0.1, -0.05) is 42.5 Å². The molecule has 1 heterocycles. The number of piperidine rings is 1. The molecule has 1 aliphatic heterocycles. The van der Waals surface area contributed by atoms with E-state index in [2.05, 4.69) is 10.6 Å². The summed E-state index contributed by atoms with van der Waals surface area (Å²) in [6.45, 7) is 1.56. The van der Waals surface area contributed by atoms with Crippen LogP contribution in [0.1, 0.15) is 18.4 Å². The number of halogens is 1. The first-order valence-corrected chi connectivity index (χ1v) is 8.86. The zero-order valence-corrected chi connectivity index (χ0v) is 15.8. The van der Waals surface area contributed by atoms with Crippen molar-refractivity contribution in [1.29, 1.82) is 0 Å². The Morgan fingerprint density at radius 3 is 2.73 bits per heavy atom. The first kappa shape index (κ1) is 20.2. The number of carbonyl (C=O) groups is 2. The third kappa shape index (κ3) is 4.96. The summed E-state index contributed by atoms with van der Waals surface area (Å²) in [6, 6.07) is 14.3. The number of hydrogen-bond donors (Lipinski definition) is 2. The molecule has 0 aromatic heterocycles. The number of amides is 2. The fourth-order valence-corrected chi connectivity index (χ4v) is 3.41. The van der Waals surface area contributed by atoms with E-state index in [0.717, 1.165) is 35.7 Å². The zero-order chi connectivity index (χ0) is 17.6. The summed E-state index contributed by atoms with van der Waals surface area (Å²) in [5.41, 5.74) is 0.983. The Hall–Kier alpha value is -2.11. The SMILES string of the molecule is CNC1CCCN(C(=O)CNC(=O)Cc2cccc3ccccc23)C1.Cl. The Morgan fingerprint density at radius 2 is 1.92 bits per heavy atom. The van der Waals surface area contributed by atoms with Gasteiger partial charge in [0.2, 0.25) is 11.8 Å². The molecule has 1 saturated heterocycles. The third-order valence-electron chi connectivity index (χ3n) is 4.85. The van der Waals surface area contributed by atoms with E-state index in [1.807, 2.05) is 54.4 Å². The van der Waals surface area contributed by atoms with E-state index < -0.39 is 0 Å². The highest BCUT2D eigenvalue weighted by molar-refractivity contribution is 5.91. The summed E-state index contributed by atoms with van der Waals surface area (Å²) in [5.74, 6) is -0.127. The third-order valence-corrected chi connectivity index (χ3v) is 4.85. The standard InChI is InChI=1S/C20H25N3O2.ClH/c1-21-17-9-5-11-23(14-17)20(25)13-22-19(24)12-16-8-4-7-15-6-2-3-10-18(15)16;/h2-4,6-8,10,17,21H,5,9,11-14H2,1H3,(H,22,24);1H. The van der Waals surface area contributed by atoms with Gasteiger partial charge in [0.25, 0.3) is 0 Å². The fraction of sp³-hybridized carbons (Fsp3) is 0.400. The molecule has 2 aromatic carbocycles. The molecule has 0 bridgehead atoms. The lowest BCUT2D eigenvalue weighted by Crippen LogP contribution is -2.49. The van der Waals surface area contributed by atoms with Crippen LogP contribution in [-0.4, -0.2) is 49.4 Å². The van der Waals surface area contributed by atoms with Crippen molar-refractivity contribution in [1.82, 2.24) is 15.5 Å². The minimum Gasteiger partial charge on any atom is -0.347 e. The van der Waals surface area contributed by atoms with Crippen LogP contribution in [0.2, 0.25) is 0 Å². The van der Waals surface area contributed by atoms with Crippen LogP contribution in [0.25, 0.3) is 10.8 Å². The van der Waals surface area contributed by atoms with Crippen molar-refractivity contribution < 1.29 is 9.59 Å². The van der Waals surface area contributed by atoms with E-state index in [4.69, 9.17) is 0 Å². The van der Waals surface area contributed by atoms with Crippen LogP contribution in [0.4, 0.5) is 0 Å².